The smallest absolute Gasteiger partial charge is 0.417 e. The number of alkyl halides is 3. The van der Waals surface area contributed by atoms with Gasteiger partial charge < -0.3 is 9.67 Å². The van der Waals surface area contributed by atoms with Crippen molar-refractivity contribution in [2.45, 2.75) is 19.6 Å². The Labute approximate surface area is 167 Å². The number of rotatable bonds is 4. The lowest BCUT2D eigenvalue weighted by Crippen LogP contribution is -2.12. The van der Waals surface area contributed by atoms with Crippen LogP contribution in [-0.4, -0.2) is 25.6 Å². The molecule has 0 aliphatic carbocycles. The molecule has 3 aromatic rings. The molecule has 0 unspecified atom stereocenters. The van der Waals surface area contributed by atoms with Crippen LogP contribution in [0.4, 0.5) is 13.2 Å². The van der Waals surface area contributed by atoms with E-state index in [0.717, 1.165) is 6.07 Å². The van der Waals surface area contributed by atoms with Crippen molar-refractivity contribution in [3.05, 3.63) is 69.2 Å². The molecule has 0 saturated heterocycles. The van der Waals surface area contributed by atoms with Gasteiger partial charge in [-0.2, -0.15) is 13.2 Å². The molecule has 2 aromatic heterocycles. The molecular formula is C18H12Cl2F3N3O2. The van der Waals surface area contributed by atoms with Crippen molar-refractivity contribution in [1.82, 2.24) is 14.5 Å². The normalized spacial score (nSPS) is 11.6. The summed E-state index contributed by atoms with van der Waals surface area (Å²) in [5.74, 6) is -1.24. The minimum absolute atomic E-state index is 0.0311. The first kappa shape index (κ1) is 20.2. The van der Waals surface area contributed by atoms with E-state index in [2.05, 4.69) is 9.97 Å². The summed E-state index contributed by atoms with van der Waals surface area (Å²) < 4.78 is 40.4. The van der Waals surface area contributed by atoms with Gasteiger partial charge in [-0.15, -0.1) is 0 Å². The van der Waals surface area contributed by atoms with Gasteiger partial charge in [0.1, 0.15) is 5.82 Å². The molecule has 0 atom stereocenters. The number of hydrogen-bond acceptors (Lipinski definition) is 3. The van der Waals surface area contributed by atoms with Crippen molar-refractivity contribution in [2.24, 2.45) is 0 Å². The van der Waals surface area contributed by atoms with Crippen LogP contribution in [0.15, 0.2) is 36.7 Å². The van der Waals surface area contributed by atoms with E-state index >= 15 is 0 Å². The minimum atomic E-state index is -4.60. The molecule has 1 aromatic carbocycles. The zero-order valence-corrected chi connectivity index (χ0v) is 15.8. The third kappa shape index (κ3) is 3.98. The molecule has 0 aliphatic heterocycles. The molecule has 28 heavy (non-hydrogen) atoms. The number of benzene rings is 1. The van der Waals surface area contributed by atoms with Gasteiger partial charge in [0.25, 0.3) is 0 Å². The Morgan fingerprint density at radius 3 is 2.57 bits per heavy atom. The summed E-state index contributed by atoms with van der Waals surface area (Å²) in [4.78, 5) is 19.5. The number of carboxylic acids is 1. The van der Waals surface area contributed by atoms with Crippen molar-refractivity contribution in [2.75, 3.05) is 0 Å². The zero-order valence-electron chi connectivity index (χ0n) is 14.3. The first-order valence-electron chi connectivity index (χ1n) is 7.85. The molecule has 2 heterocycles. The van der Waals surface area contributed by atoms with Crippen LogP contribution in [-0.2, 0) is 12.7 Å². The molecule has 1 N–H and O–H groups in total. The van der Waals surface area contributed by atoms with Crippen LogP contribution >= 0.6 is 23.2 Å². The summed E-state index contributed by atoms with van der Waals surface area (Å²) in [6, 6.07) is 5.55. The van der Waals surface area contributed by atoms with E-state index in [-0.39, 0.29) is 29.3 Å². The van der Waals surface area contributed by atoms with E-state index in [1.807, 2.05) is 0 Å². The molecule has 0 spiro atoms. The van der Waals surface area contributed by atoms with Gasteiger partial charge >= 0.3 is 12.1 Å². The van der Waals surface area contributed by atoms with Crippen molar-refractivity contribution in [3.63, 3.8) is 0 Å². The number of halogens is 5. The minimum Gasteiger partial charge on any atom is -0.477 e. The number of aromatic nitrogens is 3. The van der Waals surface area contributed by atoms with E-state index in [1.54, 1.807) is 18.2 Å². The average Bonchev–Trinajstić information content (AvgIpc) is 2.94. The summed E-state index contributed by atoms with van der Waals surface area (Å²) in [5.41, 5.74) is -0.449. The van der Waals surface area contributed by atoms with Crippen LogP contribution in [0.25, 0.3) is 11.4 Å². The highest BCUT2D eigenvalue weighted by molar-refractivity contribution is 6.33. The Kier molecular flexibility index (Phi) is 5.36. The van der Waals surface area contributed by atoms with Crippen LogP contribution in [0.1, 0.15) is 27.3 Å². The summed E-state index contributed by atoms with van der Waals surface area (Å²) in [6.45, 7) is 1.41. The highest BCUT2D eigenvalue weighted by Crippen LogP contribution is 2.32. The highest BCUT2D eigenvalue weighted by Gasteiger charge is 2.32. The summed E-state index contributed by atoms with van der Waals surface area (Å²) >= 11 is 12.2. The topological polar surface area (TPSA) is 68.0 Å². The fraction of sp³-hybridized carbons (Fsp3) is 0.167. The number of carbonyl (C=O) groups is 1. The van der Waals surface area contributed by atoms with Gasteiger partial charge in [-0.3, -0.25) is 4.98 Å². The second kappa shape index (κ2) is 7.44. The van der Waals surface area contributed by atoms with Gasteiger partial charge in [-0.1, -0.05) is 23.2 Å². The Bertz CT molecular complexity index is 1060. The molecule has 3 rings (SSSR count). The van der Waals surface area contributed by atoms with Gasteiger partial charge in [-0.05, 0) is 36.8 Å². The lowest BCUT2D eigenvalue weighted by atomic mass is 10.1. The lowest BCUT2D eigenvalue weighted by molar-refractivity contribution is -0.137. The first-order valence-corrected chi connectivity index (χ1v) is 8.60. The maximum absolute atomic E-state index is 13.0. The van der Waals surface area contributed by atoms with Crippen molar-refractivity contribution < 1.29 is 23.1 Å². The second-order valence-electron chi connectivity index (χ2n) is 5.96. The highest BCUT2D eigenvalue weighted by atomic mass is 35.5. The van der Waals surface area contributed by atoms with Gasteiger partial charge in [0.2, 0.25) is 0 Å². The monoisotopic (exact) mass is 429 g/mol. The number of imidazole rings is 1. The van der Waals surface area contributed by atoms with Crippen molar-refractivity contribution in [1.29, 1.82) is 0 Å². The van der Waals surface area contributed by atoms with Gasteiger partial charge in [0.15, 0.2) is 5.69 Å². The van der Waals surface area contributed by atoms with Crippen LogP contribution in [0.5, 0.6) is 0 Å². The number of aromatic carboxylic acids is 1. The number of carboxylic acid groups (broad SMARTS) is 1. The van der Waals surface area contributed by atoms with Crippen LogP contribution in [0.3, 0.4) is 0 Å². The van der Waals surface area contributed by atoms with E-state index < -0.39 is 17.7 Å². The standard InChI is InChI=1S/C18H12Cl2F3N3O2/c1-9-15(17(27)28)26(8-11-5-13(19)2-3-14(11)20)16(25-9)10-4-12(7-24-6-10)18(21,22)23/h2-7H,8H2,1H3,(H,27,28). The molecule has 0 aliphatic rings. The number of pyridine rings is 1. The fourth-order valence-electron chi connectivity index (χ4n) is 2.77. The van der Waals surface area contributed by atoms with Crippen LogP contribution in [0, 0.1) is 6.92 Å². The average molecular weight is 430 g/mol. The molecule has 146 valence electrons. The van der Waals surface area contributed by atoms with Gasteiger partial charge in [0.05, 0.1) is 17.8 Å². The summed E-state index contributed by atoms with van der Waals surface area (Å²) in [5, 5.41) is 10.3. The molecule has 10 heteroatoms. The zero-order chi connectivity index (χ0) is 20.6. The number of nitrogens with zero attached hydrogens (tertiary/aromatic N) is 3. The Hall–Kier alpha value is -2.58. The number of hydrogen-bond donors (Lipinski definition) is 1. The maximum Gasteiger partial charge on any atom is 0.417 e. The molecular weight excluding hydrogens is 418 g/mol. The van der Waals surface area contributed by atoms with Crippen molar-refractivity contribution >= 4 is 29.2 Å². The quantitative estimate of drug-likeness (QED) is 0.608. The third-order valence-electron chi connectivity index (χ3n) is 4.00. The van der Waals surface area contributed by atoms with Crippen LogP contribution in [0.2, 0.25) is 10.0 Å². The molecule has 0 radical (unpaired) electrons. The number of aryl methyl sites for hydroxylation is 1. The Balaban J connectivity index is 2.19. The molecule has 0 bridgehead atoms. The molecule has 0 fully saturated rings. The molecule has 0 amide bonds. The van der Waals surface area contributed by atoms with E-state index in [4.69, 9.17) is 23.2 Å². The molecule has 5 nitrogen and oxygen atoms in total. The largest absolute Gasteiger partial charge is 0.477 e. The van der Waals surface area contributed by atoms with E-state index in [1.165, 1.54) is 17.7 Å². The predicted molar refractivity (Wildman–Crippen MR) is 97.7 cm³/mol. The van der Waals surface area contributed by atoms with Gasteiger partial charge in [-0.25, -0.2) is 9.78 Å². The summed E-state index contributed by atoms with van der Waals surface area (Å²) in [6.07, 6.45) is -2.71. The molecule has 0 saturated carbocycles. The SMILES string of the molecule is Cc1nc(-c2cncc(C(F)(F)F)c2)n(Cc2cc(Cl)ccc2Cl)c1C(=O)O. The van der Waals surface area contributed by atoms with E-state index in [0.29, 0.717) is 21.8 Å². The fourth-order valence-corrected chi connectivity index (χ4v) is 3.14. The first-order chi connectivity index (χ1) is 13.1. The Morgan fingerprint density at radius 2 is 1.93 bits per heavy atom. The second-order valence-corrected chi connectivity index (χ2v) is 6.80. The Morgan fingerprint density at radius 1 is 1.21 bits per heavy atom. The summed E-state index contributed by atoms with van der Waals surface area (Å²) in [7, 11) is 0. The van der Waals surface area contributed by atoms with Gasteiger partial charge in [0, 0.05) is 28.0 Å². The van der Waals surface area contributed by atoms with Crippen molar-refractivity contribution in [3.8, 4) is 11.4 Å². The predicted octanol–water partition coefficient (Wildman–Crippen LogP) is 5.33. The van der Waals surface area contributed by atoms with Crippen LogP contribution < -0.4 is 0 Å². The lowest BCUT2D eigenvalue weighted by Gasteiger charge is -2.13. The maximum atomic E-state index is 13.0. The third-order valence-corrected chi connectivity index (χ3v) is 4.61. The van der Waals surface area contributed by atoms with E-state index in [9.17, 15) is 23.1 Å².